The van der Waals surface area contributed by atoms with E-state index in [-0.39, 0.29) is 24.7 Å². The van der Waals surface area contributed by atoms with Crippen LogP contribution in [0.4, 0.5) is 0 Å². The van der Waals surface area contributed by atoms with Gasteiger partial charge in [0.1, 0.15) is 0 Å². The van der Waals surface area contributed by atoms with Crippen LogP contribution in [0.2, 0.25) is 0 Å². The minimum Gasteiger partial charge on any atom is -0.478 e. The number of benzene rings is 2. The Hall–Kier alpha value is -3.06. The summed E-state index contributed by atoms with van der Waals surface area (Å²) in [6.07, 6.45) is 0.116. The van der Waals surface area contributed by atoms with E-state index in [1.165, 1.54) is 6.07 Å². The molecule has 7 nitrogen and oxygen atoms in total. The summed E-state index contributed by atoms with van der Waals surface area (Å²) >= 11 is 0. The fourth-order valence-corrected chi connectivity index (χ4v) is 3.61. The van der Waals surface area contributed by atoms with Crippen LogP contribution < -0.4 is 9.47 Å². The number of aromatic carboxylic acids is 1. The lowest BCUT2D eigenvalue weighted by atomic mass is 10.0. The Bertz CT molecular complexity index is 890. The molecule has 0 unspecified atom stereocenters. The molecule has 2 aliphatic rings. The second-order valence-corrected chi connectivity index (χ2v) is 6.98. The summed E-state index contributed by atoms with van der Waals surface area (Å²) < 4.78 is 10.8. The van der Waals surface area contributed by atoms with E-state index in [0.717, 1.165) is 36.7 Å². The summed E-state index contributed by atoms with van der Waals surface area (Å²) in [5, 5.41) is 9.27. The van der Waals surface area contributed by atoms with E-state index in [1.807, 2.05) is 23.1 Å². The summed E-state index contributed by atoms with van der Waals surface area (Å²) in [4.78, 5) is 28.1. The maximum Gasteiger partial charge on any atom is 0.335 e. The molecule has 1 fully saturated rings. The molecule has 0 saturated carbocycles. The normalized spacial score (nSPS) is 16.2. The number of fused-ring (bicyclic) bond motifs is 1. The predicted molar refractivity (Wildman–Crippen MR) is 102 cm³/mol. The zero-order chi connectivity index (χ0) is 19.5. The van der Waals surface area contributed by atoms with Gasteiger partial charge in [-0.15, -0.1) is 0 Å². The molecular weight excluding hydrogens is 360 g/mol. The highest BCUT2D eigenvalue weighted by molar-refractivity contribution is 5.91. The Balaban J connectivity index is 1.31. The summed E-state index contributed by atoms with van der Waals surface area (Å²) in [6.45, 7) is 3.89. The lowest BCUT2D eigenvalue weighted by molar-refractivity contribution is -0.132. The molecule has 1 N–H and O–H groups in total. The average molecular weight is 382 g/mol. The molecule has 0 aromatic heterocycles. The van der Waals surface area contributed by atoms with Gasteiger partial charge in [0.05, 0.1) is 12.0 Å². The fraction of sp³-hybridized carbons (Fsp3) is 0.333. The molecule has 1 amide bonds. The number of carbonyl (C=O) groups is 2. The quantitative estimate of drug-likeness (QED) is 0.852. The highest BCUT2D eigenvalue weighted by Crippen LogP contribution is 2.32. The van der Waals surface area contributed by atoms with E-state index < -0.39 is 5.97 Å². The molecule has 146 valence electrons. The van der Waals surface area contributed by atoms with Crippen LogP contribution in [0.15, 0.2) is 42.5 Å². The lowest BCUT2D eigenvalue weighted by Crippen LogP contribution is -2.48. The topological polar surface area (TPSA) is 79.3 Å². The predicted octanol–water partition coefficient (Wildman–Crippen LogP) is 2.00. The van der Waals surface area contributed by atoms with Crippen molar-refractivity contribution in [2.45, 2.75) is 13.0 Å². The number of rotatable bonds is 5. The molecule has 2 heterocycles. The molecule has 4 rings (SSSR count). The van der Waals surface area contributed by atoms with Crippen LogP contribution in [0.1, 0.15) is 21.5 Å². The molecular formula is C21H22N2O5. The first-order chi connectivity index (χ1) is 13.6. The van der Waals surface area contributed by atoms with Crippen molar-refractivity contribution in [3.05, 3.63) is 59.2 Å². The Labute approximate surface area is 163 Å². The molecule has 0 spiro atoms. The zero-order valence-corrected chi connectivity index (χ0v) is 15.5. The van der Waals surface area contributed by atoms with Gasteiger partial charge in [0.25, 0.3) is 0 Å². The van der Waals surface area contributed by atoms with E-state index >= 15 is 0 Å². The number of hydrogen-bond donors (Lipinski definition) is 1. The lowest BCUT2D eigenvalue weighted by Gasteiger charge is -2.35. The second kappa shape index (κ2) is 7.90. The minimum atomic E-state index is -1.00. The maximum atomic E-state index is 12.6. The van der Waals surface area contributed by atoms with E-state index in [1.54, 1.807) is 18.2 Å². The van der Waals surface area contributed by atoms with E-state index in [9.17, 15) is 14.7 Å². The van der Waals surface area contributed by atoms with Crippen molar-refractivity contribution in [1.29, 1.82) is 0 Å². The first-order valence-corrected chi connectivity index (χ1v) is 9.30. The van der Waals surface area contributed by atoms with Gasteiger partial charge in [0.2, 0.25) is 12.7 Å². The minimum absolute atomic E-state index is 0.0311. The van der Waals surface area contributed by atoms with Crippen molar-refractivity contribution < 1.29 is 24.2 Å². The van der Waals surface area contributed by atoms with Gasteiger partial charge in [-0.25, -0.2) is 4.79 Å². The Morgan fingerprint density at radius 3 is 2.50 bits per heavy atom. The molecule has 2 aromatic rings. The van der Waals surface area contributed by atoms with E-state index in [2.05, 4.69) is 4.90 Å². The number of carboxylic acid groups (broad SMARTS) is 1. The van der Waals surface area contributed by atoms with Crippen molar-refractivity contribution in [3.63, 3.8) is 0 Å². The van der Waals surface area contributed by atoms with Crippen molar-refractivity contribution >= 4 is 11.9 Å². The standard InChI is InChI=1S/C21H22N2O5/c24-20(12-16-3-1-2-4-17(16)21(25)26)23-9-7-22(8-10-23)13-15-5-6-18-19(11-15)28-14-27-18/h1-6,11H,7-10,12-14H2,(H,25,26). The van der Waals surface area contributed by atoms with Crippen LogP contribution in [0.25, 0.3) is 0 Å². The zero-order valence-electron chi connectivity index (χ0n) is 15.5. The number of amides is 1. The van der Waals surface area contributed by atoms with Gasteiger partial charge >= 0.3 is 5.97 Å². The van der Waals surface area contributed by atoms with Gasteiger partial charge in [-0.05, 0) is 29.3 Å². The molecule has 1 saturated heterocycles. The highest BCUT2D eigenvalue weighted by Gasteiger charge is 2.23. The summed E-state index contributed by atoms with van der Waals surface area (Å²) in [5.41, 5.74) is 1.90. The van der Waals surface area contributed by atoms with Gasteiger partial charge in [0.15, 0.2) is 11.5 Å². The average Bonchev–Trinajstić information content (AvgIpc) is 3.16. The monoisotopic (exact) mass is 382 g/mol. The molecule has 28 heavy (non-hydrogen) atoms. The van der Waals surface area contributed by atoms with Crippen LogP contribution >= 0.6 is 0 Å². The second-order valence-electron chi connectivity index (χ2n) is 6.98. The molecule has 2 aromatic carbocycles. The Morgan fingerprint density at radius 2 is 1.71 bits per heavy atom. The number of carboxylic acids is 1. The highest BCUT2D eigenvalue weighted by atomic mass is 16.7. The maximum absolute atomic E-state index is 12.6. The molecule has 0 radical (unpaired) electrons. The van der Waals surface area contributed by atoms with E-state index in [0.29, 0.717) is 18.7 Å². The van der Waals surface area contributed by atoms with Gasteiger partial charge in [-0.1, -0.05) is 24.3 Å². The summed E-state index contributed by atoms with van der Waals surface area (Å²) in [7, 11) is 0. The fourth-order valence-electron chi connectivity index (χ4n) is 3.61. The molecule has 0 aliphatic carbocycles. The SMILES string of the molecule is O=C(O)c1ccccc1CC(=O)N1CCN(Cc2ccc3c(c2)OCO3)CC1. The van der Waals surface area contributed by atoms with Crippen molar-refractivity contribution in [2.75, 3.05) is 33.0 Å². The van der Waals surface area contributed by atoms with Gasteiger partial charge < -0.3 is 19.5 Å². The number of hydrogen-bond acceptors (Lipinski definition) is 5. The number of carbonyl (C=O) groups excluding carboxylic acids is 1. The largest absolute Gasteiger partial charge is 0.478 e. The number of nitrogens with zero attached hydrogens (tertiary/aromatic N) is 2. The van der Waals surface area contributed by atoms with Gasteiger partial charge in [-0.2, -0.15) is 0 Å². The van der Waals surface area contributed by atoms with Crippen molar-refractivity contribution in [2.24, 2.45) is 0 Å². The first kappa shape index (κ1) is 18.3. The molecule has 2 aliphatic heterocycles. The smallest absolute Gasteiger partial charge is 0.335 e. The number of ether oxygens (including phenoxy) is 2. The van der Waals surface area contributed by atoms with E-state index in [4.69, 9.17) is 9.47 Å². The summed E-state index contributed by atoms with van der Waals surface area (Å²) in [6, 6.07) is 12.6. The Morgan fingerprint density at radius 1 is 0.964 bits per heavy atom. The third-order valence-corrected chi connectivity index (χ3v) is 5.16. The third kappa shape index (κ3) is 3.94. The van der Waals surface area contributed by atoms with Gasteiger partial charge in [0, 0.05) is 32.7 Å². The van der Waals surface area contributed by atoms with Crippen LogP contribution in [-0.4, -0.2) is 59.8 Å². The first-order valence-electron chi connectivity index (χ1n) is 9.30. The number of piperazine rings is 1. The molecule has 0 bridgehead atoms. The molecule has 0 atom stereocenters. The van der Waals surface area contributed by atoms with Crippen LogP contribution in [0, 0.1) is 0 Å². The van der Waals surface area contributed by atoms with Crippen LogP contribution in [0.3, 0.4) is 0 Å². The Kier molecular flexibility index (Phi) is 5.16. The molecule has 7 heteroatoms. The van der Waals surface area contributed by atoms with Crippen LogP contribution in [0.5, 0.6) is 11.5 Å². The summed E-state index contributed by atoms with van der Waals surface area (Å²) in [5.74, 6) is 0.526. The van der Waals surface area contributed by atoms with Crippen molar-refractivity contribution in [3.8, 4) is 11.5 Å². The van der Waals surface area contributed by atoms with Crippen LogP contribution in [-0.2, 0) is 17.8 Å². The third-order valence-electron chi connectivity index (χ3n) is 5.16. The van der Waals surface area contributed by atoms with Gasteiger partial charge in [-0.3, -0.25) is 9.69 Å². The van der Waals surface area contributed by atoms with Crippen molar-refractivity contribution in [1.82, 2.24) is 9.80 Å².